The van der Waals surface area contributed by atoms with E-state index in [4.69, 9.17) is 9.51 Å². The van der Waals surface area contributed by atoms with Crippen LogP contribution in [0.3, 0.4) is 0 Å². The summed E-state index contributed by atoms with van der Waals surface area (Å²) in [5.74, 6) is 1.04. The normalized spacial score (nSPS) is 25.9. The molecule has 0 aromatic carbocycles. The molecule has 1 aliphatic carbocycles. The summed E-state index contributed by atoms with van der Waals surface area (Å²) in [5.41, 5.74) is 3.68. The van der Waals surface area contributed by atoms with Crippen LogP contribution in [0.2, 0.25) is 0 Å². The predicted molar refractivity (Wildman–Crippen MR) is 106 cm³/mol. The predicted octanol–water partition coefficient (Wildman–Crippen LogP) is 2.65. The van der Waals surface area contributed by atoms with Crippen molar-refractivity contribution >= 4 is 5.82 Å². The highest BCUT2D eigenvalue weighted by Gasteiger charge is 2.48. The zero-order valence-electron chi connectivity index (χ0n) is 16.4. The molecule has 0 N–H and O–H groups in total. The molecule has 1 unspecified atom stereocenters. The summed E-state index contributed by atoms with van der Waals surface area (Å²) in [5, 5.41) is 4.20. The van der Waals surface area contributed by atoms with Gasteiger partial charge in [-0.25, -0.2) is 4.98 Å². The van der Waals surface area contributed by atoms with Crippen LogP contribution in [-0.4, -0.2) is 72.3 Å². The van der Waals surface area contributed by atoms with Crippen LogP contribution in [0.25, 0.3) is 11.3 Å². The van der Waals surface area contributed by atoms with Gasteiger partial charge in [0.1, 0.15) is 17.8 Å². The quantitative estimate of drug-likeness (QED) is 0.831. The van der Waals surface area contributed by atoms with E-state index in [1.807, 2.05) is 19.2 Å². The van der Waals surface area contributed by atoms with Crippen molar-refractivity contribution in [1.29, 1.82) is 0 Å². The van der Waals surface area contributed by atoms with Crippen molar-refractivity contribution in [3.05, 3.63) is 30.2 Å². The number of aromatic nitrogens is 2. The third kappa shape index (κ3) is 3.05. The zero-order chi connectivity index (χ0) is 18.4. The fourth-order valence-electron chi connectivity index (χ4n) is 5.55. The molecule has 0 bridgehead atoms. The van der Waals surface area contributed by atoms with Gasteiger partial charge in [0.2, 0.25) is 0 Å². The van der Waals surface area contributed by atoms with Crippen molar-refractivity contribution in [1.82, 2.24) is 19.9 Å². The lowest BCUT2D eigenvalue weighted by atomic mass is 9.78. The highest BCUT2D eigenvalue weighted by molar-refractivity contribution is 5.74. The molecule has 2 aliphatic heterocycles. The molecule has 1 spiro atoms. The molecular weight excluding hydrogens is 338 g/mol. The van der Waals surface area contributed by atoms with Gasteiger partial charge in [-0.15, -0.1) is 0 Å². The smallest absolute Gasteiger partial charge is 0.138 e. The van der Waals surface area contributed by atoms with Crippen molar-refractivity contribution in [2.45, 2.75) is 32.2 Å². The molecule has 6 heteroatoms. The van der Waals surface area contributed by atoms with E-state index in [0.29, 0.717) is 5.41 Å². The number of pyridine rings is 1. The Balaban J connectivity index is 1.26. The minimum absolute atomic E-state index is 0.634. The summed E-state index contributed by atoms with van der Waals surface area (Å²) >= 11 is 0. The lowest BCUT2D eigenvalue weighted by molar-refractivity contribution is 0.0204. The molecule has 2 saturated heterocycles. The third-order valence-corrected chi connectivity index (χ3v) is 6.81. The van der Waals surface area contributed by atoms with Crippen molar-refractivity contribution in [3.63, 3.8) is 0 Å². The Bertz CT molecular complexity index is 804. The van der Waals surface area contributed by atoms with E-state index in [-0.39, 0.29) is 0 Å². The summed E-state index contributed by atoms with van der Waals surface area (Å²) < 4.78 is 5.16. The summed E-state index contributed by atoms with van der Waals surface area (Å²) in [4.78, 5) is 12.3. The molecule has 27 heavy (non-hydrogen) atoms. The van der Waals surface area contributed by atoms with Gasteiger partial charge in [0.15, 0.2) is 0 Å². The second-order valence-corrected chi connectivity index (χ2v) is 8.81. The van der Waals surface area contributed by atoms with Gasteiger partial charge < -0.3 is 14.3 Å². The van der Waals surface area contributed by atoms with Crippen LogP contribution in [0.5, 0.6) is 0 Å². The van der Waals surface area contributed by atoms with Gasteiger partial charge in [-0.2, -0.15) is 0 Å². The molecule has 2 aromatic heterocycles. The molecule has 3 aliphatic rings. The number of nitrogens with zero attached hydrogens (tertiary/aromatic N) is 5. The van der Waals surface area contributed by atoms with Crippen molar-refractivity contribution in [2.24, 2.45) is 5.41 Å². The SMILES string of the molecule is Cc1conc1-c1cccnc1N1CCN(C2CCC3(C2)CN(C)C3)CC1. The van der Waals surface area contributed by atoms with E-state index in [2.05, 4.69) is 33.0 Å². The molecule has 6 nitrogen and oxygen atoms in total. The average molecular weight is 367 g/mol. The first-order valence-corrected chi connectivity index (χ1v) is 10.2. The minimum Gasteiger partial charge on any atom is -0.364 e. The van der Waals surface area contributed by atoms with Gasteiger partial charge >= 0.3 is 0 Å². The van der Waals surface area contributed by atoms with Crippen LogP contribution >= 0.6 is 0 Å². The standard InChI is InChI=1S/C21H29N5O/c1-16-13-27-23-19(16)18-4-3-7-22-20(18)26-10-8-25(9-11-26)17-5-6-21(12-17)14-24(2)15-21/h3-4,7,13,17H,5-6,8-12,14-15H2,1-2H3. The first-order chi connectivity index (χ1) is 13.1. The van der Waals surface area contributed by atoms with Gasteiger partial charge in [0.05, 0.1) is 0 Å². The molecule has 1 atom stereocenters. The van der Waals surface area contributed by atoms with E-state index in [1.54, 1.807) is 6.26 Å². The Morgan fingerprint density at radius 3 is 2.70 bits per heavy atom. The second-order valence-electron chi connectivity index (χ2n) is 8.81. The minimum atomic E-state index is 0.634. The largest absolute Gasteiger partial charge is 0.364 e. The number of aryl methyl sites for hydroxylation is 1. The number of anilines is 1. The Morgan fingerprint density at radius 1 is 1.19 bits per heavy atom. The molecule has 2 aromatic rings. The van der Waals surface area contributed by atoms with Gasteiger partial charge in [0.25, 0.3) is 0 Å². The summed E-state index contributed by atoms with van der Waals surface area (Å²) in [6, 6.07) is 4.87. The first kappa shape index (κ1) is 17.2. The zero-order valence-corrected chi connectivity index (χ0v) is 16.4. The van der Waals surface area contributed by atoms with E-state index in [1.165, 1.54) is 32.4 Å². The maximum atomic E-state index is 5.16. The van der Waals surface area contributed by atoms with Crippen LogP contribution < -0.4 is 4.90 Å². The first-order valence-electron chi connectivity index (χ1n) is 10.2. The highest BCUT2D eigenvalue weighted by Crippen LogP contribution is 2.46. The van der Waals surface area contributed by atoms with E-state index >= 15 is 0 Å². The molecule has 0 radical (unpaired) electrons. The maximum absolute atomic E-state index is 5.16. The third-order valence-electron chi connectivity index (χ3n) is 6.81. The maximum Gasteiger partial charge on any atom is 0.138 e. The van der Waals surface area contributed by atoms with E-state index < -0.39 is 0 Å². The second kappa shape index (κ2) is 6.60. The van der Waals surface area contributed by atoms with E-state index in [9.17, 15) is 0 Å². The molecule has 4 heterocycles. The number of rotatable bonds is 3. The fourth-order valence-corrected chi connectivity index (χ4v) is 5.55. The Kier molecular flexibility index (Phi) is 4.20. The Labute approximate surface area is 161 Å². The van der Waals surface area contributed by atoms with Gasteiger partial charge in [-0.3, -0.25) is 4.90 Å². The molecule has 1 saturated carbocycles. The van der Waals surface area contributed by atoms with Crippen molar-refractivity contribution < 1.29 is 4.52 Å². The van der Waals surface area contributed by atoms with Crippen LogP contribution in [0.1, 0.15) is 24.8 Å². The Morgan fingerprint density at radius 2 is 2.00 bits per heavy atom. The molecule has 3 fully saturated rings. The van der Waals surface area contributed by atoms with Crippen molar-refractivity contribution in [3.8, 4) is 11.3 Å². The van der Waals surface area contributed by atoms with Gasteiger partial charge in [-0.05, 0) is 50.8 Å². The van der Waals surface area contributed by atoms with Gasteiger partial charge in [0, 0.05) is 62.6 Å². The number of piperazine rings is 1. The highest BCUT2D eigenvalue weighted by atomic mass is 16.5. The van der Waals surface area contributed by atoms with Crippen LogP contribution in [0, 0.1) is 12.3 Å². The summed E-state index contributed by atoms with van der Waals surface area (Å²) in [7, 11) is 2.25. The van der Waals surface area contributed by atoms with Crippen molar-refractivity contribution in [2.75, 3.05) is 51.2 Å². The number of likely N-dealkylation sites (tertiary alicyclic amines) is 1. The molecule has 144 valence electrons. The topological polar surface area (TPSA) is 48.6 Å². The lowest BCUT2D eigenvalue weighted by Gasteiger charge is -2.47. The summed E-state index contributed by atoms with van der Waals surface area (Å²) in [6.45, 7) is 8.97. The number of hydrogen-bond acceptors (Lipinski definition) is 6. The van der Waals surface area contributed by atoms with Gasteiger partial charge in [-0.1, -0.05) is 5.16 Å². The summed E-state index contributed by atoms with van der Waals surface area (Å²) in [6.07, 6.45) is 7.77. The monoisotopic (exact) mass is 367 g/mol. The molecule has 5 rings (SSSR count). The number of hydrogen-bond donors (Lipinski definition) is 0. The van der Waals surface area contributed by atoms with Crippen LogP contribution in [-0.2, 0) is 0 Å². The molecular formula is C21H29N5O. The average Bonchev–Trinajstić information content (AvgIpc) is 3.29. The van der Waals surface area contributed by atoms with Crippen LogP contribution in [0.4, 0.5) is 5.82 Å². The lowest BCUT2D eigenvalue weighted by Crippen LogP contribution is -2.54. The Hall–Kier alpha value is -1.92. The van der Waals surface area contributed by atoms with E-state index in [0.717, 1.165) is 54.9 Å². The van der Waals surface area contributed by atoms with Crippen LogP contribution in [0.15, 0.2) is 29.1 Å². The fraction of sp³-hybridized carbons (Fsp3) is 0.619. The molecule has 0 amide bonds.